The normalized spacial score (nSPS) is 26.1. The Morgan fingerprint density at radius 3 is 2.81 bits per heavy atom. The SMILES string of the molecule is CNC1CCCC(N=Cc2ccccc2)C1. The average molecular weight is 216 g/mol. The quantitative estimate of drug-likeness (QED) is 0.772. The highest BCUT2D eigenvalue weighted by atomic mass is 14.9. The summed E-state index contributed by atoms with van der Waals surface area (Å²) in [7, 11) is 2.05. The van der Waals surface area contributed by atoms with Gasteiger partial charge in [-0.05, 0) is 38.3 Å². The lowest BCUT2D eigenvalue weighted by Gasteiger charge is -2.26. The van der Waals surface area contributed by atoms with Gasteiger partial charge in [-0.2, -0.15) is 0 Å². The Morgan fingerprint density at radius 2 is 2.06 bits per heavy atom. The first-order valence-corrected chi connectivity index (χ1v) is 6.14. The Morgan fingerprint density at radius 1 is 1.25 bits per heavy atom. The van der Waals surface area contributed by atoms with Crippen LogP contribution in [0.5, 0.6) is 0 Å². The molecular weight excluding hydrogens is 196 g/mol. The second-order valence-corrected chi connectivity index (χ2v) is 4.49. The highest BCUT2D eigenvalue weighted by molar-refractivity contribution is 5.79. The molecule has 0 radical (unpaired) electrons. The zero-order chi connectivity index (χ0) is 11.2. The second kappa shape index (κ2) is 5.80. The van der Waals surface area contributed by atoms with E-state index in [0.717, 1.165) is 0 Å². The number of hydrogen-bond donors (Lipinski definition) is 1. The van der Waals surface area contributed by atoms with Crippen LogP contribution < -0.4 is 5.32 Å². The van der Waals surface area contributed by atoms with E-state index in [9.17, 15) is 0 Å². The standard InChI is InChI=1S/C14H20N2/c1-15-13-8-5-9-14(10-13)16-11-12-6-3-2-4-7-12/h2-4,6-7,11,13-15H,5,8-10H2,1H3. The maximum Gasteiger partial charge on any atom is 0.0514 e. The Bertz CT molecular complexity index is 332. The molecule has 0 amide bonds. The van der Waals surface area contributed by atoms with Crippen molar-refractivity contribution in [3.63, 3.8) is 0 Å². The van der Waals surface area contributed by atoms with Gasteiger partial charge in [-0.1, -0.05) is 30.3 Å². The van der Waals surface area contributed by atoms with Crippen molar-refractivity contribution >= 4 is 6.21 Å². The fourth-order valence-electron chi connectivity index (χ4n) is 2.29. The van der Waals surface area contributed by atoms with E-state index in [1.165, 1.54) is 31.2 Å². The van der Waals surface area contributed by atoms with Crippen LogP contribution in [0, 0.1) is 0 Å². The van der Waals surface area contributed by atoms with Gasteiger partial charge in [0.15, 0.2) is 0 Å². The molecule has 16 heavy (non-hydrogen) atoms. The van der Waals surface area contributed by atoms with Crippen LogP contribution in [0.15, 0.2) is 35.3 Å². The molecule has 1 aliphatic carbocycles. The number of benzene rings is 1. The topological polar surface area (TPSA) is 24.4 Å². The minimum atomic E-state index is 0.506. The maximum absolute atomic E-state index is 4.69. The van der Waals surface area contributed by atoms with E-state index in [-0.39, 0.29) is 0 Å². The molecule has 2 unspecified atom stereocenters. The van der Waals surface area contributed by atoms with Gasteiger partial charge in [-0.3, -0.25) is 4.99 Å². The lowest BCUT2D eigenvalue weighted by molar-refractivity contribution is 0.357. The van der Waals surface area contributed by atoms with Gasteiger partial charge in [0.2, 0.25) is 0 Å². The predicted molar refractivity (Wildman–Crippen MR) is 69.1 cm³/mol. The Labute approximate surface area is 97.8 Å². The summed E-state index contributed by atoms with van der Waals surface area (Å²) in [4.78, 5) is 4.69. The third-order valence-electron chi connectivity index (χ3n) is 3.29. The van der Waals surface area contributed by atoms with Crippen LogP contribution in [0.1, 0.15) is 31.2 Å². The lowest BCUT2D eigenvalue weighted by atomic mass is 9.91. The van der Waals surface area contributed by atoms with Crippen molar-refractivity contribution in [3.05, 3.63) is 35.9 Å². The Hall–Kier alpha value is -1.15. The molecule has 0 aliphatic heterocycles. The summed E-state index contributed by atoms with van der Waals surface area (Å²) < 4.78 is 0. The number of nitrogens with one attached hydrogen (secondary N) is 1. The molecule has 1 aromatic carbocycles. The molecule has 2 atom stereocenters. The molecule has 0 saturated heterocycles. The molecule has 2 nitrogen and oxygen atoms in total. The largest absolute Gasteiger partial charge is 0.317 e. The van der Waals surface area contributed by atoms with Gasteiger partial charge in [0, 0.05) is 12.3 Å². The summed E-state index contributed by atoms with van der Waals surface area (Å²) >= 11 is 0. The first kappa shape index (κ1) is 11.3. The molecule has 0 spiro atoms. The van der Waals surface area contributed by atoms with Gasteiger partial charge in [0.25, 0.3) is 0 Å². The second-order valence-electron chi connectivity index (χ2n) is 4.49. The lowest BCUT2D eigenvalue weighted by Crippen LogP contribution is -2.32. The number of nitrogens with zero attached hydrogens (tertiary/aromatic N) is 1. The minimum Gasteiger partial charge on any atom is -0.317 e. The predicted octanol–water partition coefficient (Wildman–Crippen LogP) is 2.64. The number of rotatable bonds is 3. The molecule has 1 saturated carbocycles. The van der Waals surface area contributed by atoms with Crippen LogP contribution in [-0.4, -0.2) is 25.3 Å². The summed E-state index contributed by atoms with van der Waals surface area (Å²) in [6.45, 7) is 0. The molecule has 0 aromatic heterocycles. The van der Waals surface area contributed by atoms with Crippen molar-refractivity contribution in [1.29, 1.82) is 0 Å². The van der Waals surface area contributed by atoms with Gasteiger partial charge in [0.1, 0.15) is 0 Å². The fraction of sp³-hybridized carbons (Fsp3) is 0.500. The first-order valence-electron chi connectivity index (χ1n) is 6.14. The van der Waals surface area contributed by atoms with Gasteiger partial charge in [0.05, 0.1) is 6.04 Å². The van der Waals surface area contributed by atoms with Crippen molar-refractivity contribution in [2.75, 3.05) is 7.05 Å². The van der Waals surface area contributed by atoms with Gasteiger partial charge in [-0.25, -0.2) is 0 Å². The molecule has 1 N–H and O–H groups in total. The zero-order valence-corrected chi connectivity index (χ0v) is 9.89. The highest BCUT2D eigenvalue weighted by Gasteiger charge is 2.19. The third kappa shape index (κ3) is 3.17. The van der Waals surface area contributed by atoms with Crippen molar-refractivity contribution in [2.45, 2.75) is 37.8 Å². The first-order chi connectivity index (χ1) is 7.88. The number of hydrogen-bond acceptors (Lipinski definition) is 2. The monoisotopic (exact) mass is 216 g/mol. The van der Waals surface area contributed by atoms with E-state index in [1.54, 1.807) is 0 Å². The highest BCUT2D eigenvalue weighted by Crippen LogP contribution is 2.20. The molecule has 2 rings (SSSR count). The van der Waals surface area contributed by atoms with E-state index in [1.807, 2.05) is 19.3 Å². The van der Waals surface area contributed by atoms with Crippen LogP contribution in [0.4, 0.5) is 0 Å². The van der Waals surface area contributed by atoms with Crippen molar-refractivity contribution in [3.8, 4) is 0 Å². The van der Waals surface area contributed by atoms with Crippen molar-refractivity contribution < 1.29 is 0 Å². The molecule has 1 aromatic rings. The Kier molecular flexibility index (Phi) is 4.11. The van der Waals surface area contributed by atoms with E-state index in [4.69, 9.17) is 0 Å². The molecule has 2 heteroatoms. The summed E-state index contributed by atoms with van der Waals surface area (Å²) in [6.07, 6.45) is 7.03. The maximum atomic E-state index is 4.69. The summed E-state index contributed by atoms with van der Waals surface area (Å²) in [5.41, 5.74) is 1.20. The van der Waals surface area contributed by atoms with Crippen molar-refractivity contribution in [2.24, 2.45) is 4.99 Å². The van der Waals surface area contributed by atoms with Crippen molar-refractivity contribution in [1.82, 2.24) is 5.32 Å². The summed E-state index contributed by atoms with van der Waals surface area (Å²) in [5, 5.41) is 3.36. The van der Waals surface area contributed by atoms with E-state index in [0.29, 0.717) is 12.1 Å². The number of aliphatic imine (C=N–C) groups is 1. The molecule has 1 aliphatic rings. The van der Waals surface area contributed by atoms with E-state index < -0.39 is 0 Å². The van der Waals surface area contributed by atoms with E-state index in [2.05, 4.69) is 34.6 Å². The van der Waals surface area contributed by atoms with Crippen LogP contribution in [0.2, 0.25) is 0 Å². The van der Waals surface area contributed by atoms with Crippen LogP contribution >= 0.6 is 0 Å². The Balaban J connectivity index is 1.91. The molecule has 0 heterocycles. The molecule has 0 bridgehead atoms. The van der Waals surface area contributed by atoms with Gasteiger partial charge in [-0.15, -0.1) is 0 Å². The van der Waals surface area contributed by atoms with Gasteiger partial charge < -0.3 is 5.32 Å². The summed E-state index contributed by atoms with van der Waals surface area (Å²) in [6, 6.07) is 11.5. The smallest absolute Gasteiger partial charge is 0.0514 e. The third-order valence-corrected chi connectivity index (χ3v) is 3.29. The van der Waals surface area contributed by atoms with E-state index >= 15 is 0 Å². The summed E-state index contributed by atoms with van der Waals surface area (Å²) in [5.74, 6) is 0. The van der Waals surface area contributed by atoms with Crippen LogP contribution in [-0.2, 0) is 0 Å². The molecule has 1 fully saturated rings. The van der Waals surface area contributed by atoms with Gasteiger partial charge >= 0.3 is 0 Å². The average Bonchev–Trinajstić information content (AvgIpc) is 2.38. The molecular formula is C14H20N2. The molecule has 86 valence electrons. The van der Waals surface area contributed by atoms with Crippen LogP contribution in [0.25, 0.3) is 0 Å². The minimum absolute atomic E-state index is 0.506. The fourth-order valence-corrected chi connectivity index (χ4v) is 2.29. The zero-order valence-electron chi connectivity index (χ0n) is 9.89. The van der Waals surface area contributed by atoms with Crippen LogP contribution in [0.3, 0.4) is 0 Å².